The number of hydrogen-bond acceptors (Lipinski definition) is 6. The maximum atomic E-state index is 13.2. The van der Waals surface area contributed by atoms with Gasteiger partial charge in [0, 0.05) is 31.6 Å². The summed E-state index contributed by atoms with van der Waals surface area (Å²) in [6.45, 7) is 7.11. The summed E-state index contributed by atoms with van der Waals surface area (Å²) < 4.78 is 16.7. The number of benzene rings is 2. The van der Waals surface area contributed by atoms with Crippen molar-refractivity contribution in [2.24, 2.45) is 0 Å². The highest BCUT2D eigenvalue weighted by atomic mass is 16.6. The predicted molar refractivity (Wildman–Crippen MR) is 134 cm³/mol. The van der Waals surface area contributed by atoms with Gasteiger partial charge in [-0.1, -0.05) is 12.1 Å². The summed E-state index contributed by atoms with van der Waals surface area (Å²) in [5.74, 6) is 1.18. The van der Waals surface area contributed by atoms with E-state index in [1.54, 1.807) is 16.9 Å². The van der Waals surface area contributed by atoms with E-state index in [1.807, 2.05) is 69.3 Å². The molecule has 0 saturated carbocycles. The van der Waals surface area contributed by atoms with Gasteiger partial charge in [-0.3, -0.25) is 14.6 Å². The van der Waals surface area contributed by atoms with Crippen LogP contribution in [0.4, 0.5) is 15.3 Å². The highest BCUT2D eigenvalue weighted by molar-refractivity contribution is 6.05. The van der Waals surface area contributed by atoms with Gasteiger partial charge in [0.05, 0.1) is 20.2 Å². The van der Waals surface area contributed by atoms with Gasteiger partial charge in [-0.15, -0.1) is 0 Å². The van der Waals surface area contributed by atoms with Crippen LogP contribution in [0.3, 0.4) is 0 Å². The van der Waals surface area contributed by atoms with Gasteiger partial charge in [-0.2, -0.15) is 0 Å². The Balaban J connectivity index is 1.35. The van der Waals surface area contributed by atoms with Gasteiger partial charge in [-0.25, -0.2) is 9.59 Å². The molecule has 0 spiro atoms. The predicted octanol–water partition coefficient (Wildman–Crippen LogP) is 4.44. The molecule has 2 aromatic rings. The lowest BCUT2D eigenvalue weighted by Crippen LogP contribution is -2.52. The maximum Gasteiger partial charge on any atom is 0.410 e. The third-order valence-corrected chi connectivity index (χ3v) is 6.06. The highest BCUT2D eigenvalue weighted by Crippen LogP contribution is 2.27. The molecule has 2 saturated heterocycles. The second-order valence-corrected chi connectivity index (χ2v) is 9.96. The molecule has 0 N–H and O–H groups in total. The Kier molecular flexibility index (Phi) is 7.37. The molecule has 2 fully saturated rings. The number of hydrogen-bond donors (Lipinski definition) is 0. The largest absolute Gasteiger partial charge is 0.497 e. The summed E-state index contributed by atoms with van der Waals surface area (Å²) in [5, 5.41) is 0. The molecule has 2 aliphatic heterocycles. The Morgan fingerprint density at radius 2 is 1.64 bits per heavy atom. The van der Waals surface area contributed by atoms with E-state index >= 15 is 0 Å². The van der Waals surface area contributed by atoms with E-state index in [2.05, 4.69) is 0 Å². The second-order valence-electron chi connectivity index (χ2n) is 9.96. The van der Waals surface area contributed by atoms with Crippen molar-refractivity contribution in [3.05, 3.63) is 54.1 Å². The summed E-state index contributed by atoms with van der Waals surface area (Å²) in [5.41, 5.74) is 1.01. The van der Waals surface area contributed by atoms with Crippen LogP contribution in [0.15, 0.2) is 48.5 Å². The van der Waals surface area contributed by atoms with Crippen molar-refractivity contribution in [2.75, 3.05) is 31.6 Å². The average molecular weight is 496 g/mol. The van der Waals surface area contributed by atoms with Crippen LogP contribution in [-0.2, 0) is 16.1 Å². The minimum atomic E-state index is -0.535. The Bertz CT molecular complexity index is 1090. The van der Waals surface area contributed by atoms with E-state index in [9.17, 15) is 14.4 Å². The van der Waals surface area contributed by atoms with Crippen molar-refractivity contribution >= 4 is 23.7 Å². The Morgan fingerprint density at radius 1 is 0.972 bits per heavy atom. The van der Waals surface area contributed by atoms with Gasteiger partial charge in [-0.05, 0) is 62.7 Å². The fourth-order valence-electron chi connectivity index (χ4n) is 4.21. The third kappa shape index (κ3) is 6.08. The number of methoxy groups -OCH3 is 1. The Labute approximate surface area is 211 Å². The van der Waals surface area contributed by atoms with Crippen molar-refractivity contribution in [1.29, 1.82) is 0 Å². The molecule has 9 nitrogen and oxygen atoms in total. The number of ether oxygens (including phenoxy) is 3. The van der Waals surface area contributed by atoms with Crippen LogP contribution >= 0.6 is 0 Å². The molecular formula is C27H33N3O6. The summed E-state index contributed by atoms with van der Waals surface area (Å²) in [6.07, 6.45) is 0.510. The number of amides is 4. The lowest BCUT2D eigenvalue weighted by atomic mass is 10.1. The molecular weight excluding hydrogens is 462 g/mol. The molecule has 4 rings (SSSR count). The van der Waals surface area contributed by atoms with Gasteiger partial charge >= 0.3 is 12.1 Å². The monoisotopic (exact) mass is 495 g/mol. The first-order chi connectivity index (χ1) is 17.1. The third-order valence-electron chi connectivity index (χ3n) is 6.06. The molecule has 0 bridgehead atoms. The summed E-state index contributed by atoms with van der Waals surface area (Å²) in [4.78, 5) is 42.5. The van der Waals surface area contributed by atoms with E-state index < -0.39 is 5.60 Å². The number of imide groups is 1. The second kappa shape index (κ2) is 10.5. The number of carbonyl (C=O) groups excluding carboxylic acids is 3. The molecule has 1 atom stereocenters. The zero-order valence-corrected chi connectivity index (χ0v) is 21.2. The topological polar surface area (TPSA) is 88.6 Å². The normalized spacial score (nSPS) is 18.4. The van der Waals surface area contributed by atoms with E-state index in [-0.39, 0.29) is 37.1 Å². The van der Waals surface area contributed by atoms with E-state index in [1.165, 1.54) is 4.90 Å². The van der Waals surface area contributed by atoms with Crippen molar-refractivity contribution in [2.45, 2.75) is 51.9 Å². The van der Waals surface area contributed by atoms with Crippen LogP contribution in [0, 0.1) is 0 Å². The lowest BCUT2D eigenvalue weighted by Gasteiger charge is -2.34. The van der Waals surface area contributed by atoms with E-state index in [0.717, 1.165) is 5.56 Å². The number of rotatable bonds is 6. The number of carbonyl (C=O) groups is 3. The van der Waals surface area contributed by atoms with Gasteiger partial charge in [0.2, 0.25) is 5.91 Å². The molecule has 0 radical (unpaired) electrons. The molecule has 2 aromatic carbocycles. The first-order valence-corrected chi connectivity index (χ1v) is 12.1. The molecule has 192 valence electrons. The minimum absolute atomic E-state index is 0.127. The molecule has 2 aliphatic rings. The highest BCUT2D eigenvalue weighted by Gasteiger charge is 2.33. The van der Waals surface area contributed by atoms with E-state index in [0.29, 0.717) is 43.2 Å². The quantitative estimate of drug-likeness (QED) is 0.589. The molecule has 9 heteroatoms. The number of anilines is 1. The van der Waals surface area contributed by atoms with Crippen molar-refractivity contribution < 1.29 is 28.6 Å². The molecule has 4 amide bonds. The minimum Gasteiger partial charge on any atom is -0.497 e. The van der Waals surface area contributed by atoms with E-state index in [4.69, 9.17) is 14.2 Å². The molecule has 0 aromatic heterocycles. The Morgan fingerprint density at radius 3 is 2.28 bits per heavy atom. The van der Waals surface area contributed by atoms with Crippen molar-refractivity contribution in [3.8, 4) is 11.5 Å². The maximum absolute atomic E-state index is 13.2. The molecule has 36 heavy (non-hydrogen) atoms. The molecule has 0 aliphatic carbocycles. The lowest BCUT2D eigenvalue weighted by molar-refractivity contribution is -0.129. The summed E-state index contributed by atoms with van der Waals surface area (Å²) >= 11 is 0. The smallest absolute Gasteiger partial charge is 0.410 e. The van der Waals surface area contributed by atoms with Gasteiger partial charge in [0.25, 0.3) is 0 Å². The summed E-state index contributed by atoms with van der Waals surface area (Å²) in [6, 6.07) is 14.2. The number of nitrogens with zero attached hydrogens (tertiary/aromatic N) is 3. The molecule has 0 unspecified atom stereocenters. The average Bonchev–Trinajstić information content (AvgIpc) is 3.31. The number of likely N-dealkylation sites (tertiary alicyclic amines) is 1. The van der Waals surface area contributed by atoms with Gasteiger partial charge < -0.3 is 19.1 Å². The zero-order valence-electron chi connectivity index (χ0n) is 21.2. The standard InChI is InChI=1S/C27H33N3O6/c1-27(2,3)36-26(33)28-15-13-23(18-28)35-22-11-7-20(8-12-22)29-16-14-24(31)30(25(29)32)17-19-5-9-21(34-4)10-6-19/h5-12,23H,13-18H2,1-4H3/t23-/m1/s1. The van der Waals surface area contributed by atoms with Crippen LogP contribution in [0.2, 0.25) is 0 Å². The van der Waals surface area contributed by atoms with Crippen LogP contribution in [-0.4, -0.2) is 66.3 Å². The summed E-state index contributed by atoms with van der Waals surface area (Å²) in [7, 11) is 1.59. The first kappa shape index (κ1) is 25.3. The van der Waals surface area contributed by atoms with Crippen molar-refractivity contribution in [3.63, 3.8) is 0 Å². The van der Waals surface area contributed by atoms with Gasteiger partial charge in [0.1, 0.15) is 23.2 Å². The number of urea groups is 1. The SMILES string of the molecule is COc1ccc(CN2C(=O)CCN(c3ccc(O[C@@H]4CCN(C(=O)OC(C)(C)C)C4)cc3)C2=O)cc1. The van der Waals surface area contributed by atoms with Crippen LogP contribution in [0.25, 0.3) is 0 Å². The zero-order chi connectivity index (χ0) is 25.9. The Hall–Kier alpha value is -3.75. The van der Waals surface area contributed by atoms with Gasteiger partial charge in [0.15, 0.2) is 0 Å². The fraction of sp³-hybridized carbons (Fsp3) is 0.444. The molecule has 2 heterocycles. The van der Waals surface area contributed by atoms with Crippen LogP contribution < -0.4 is 14.4 Å². The van der Waals surface area contributed by atoms with Crippen molar-refractivity contribution in [1.82, 2.24) is 9.80 Å². The fourth-order valence-corrected chi connectivity index (χ4v) is 4.21. The van der Waals surface area contributed by atoms with Crippen LogP contribution in [0.5, 0.6) is 11.5 Å². The first-order valence-electron chi connectivity index (χ1n) is 12.1. The van der Waals surface area contributed by atoms with Crippen LogP contribution in [0.1, 0.15) is 39.2 Å².